The molecule has 1 heterocycles. The van der Waals surface area contributed by atoms with Crippen molar-refractivity contribution >= 4 is 28.8 Å². The Kier molecular flexibility index (Phi) is 4.90. The summed E-state index contributed by atoms with van der Waals surface area (Å²) in [6.45, 7) is 3.62. The molecule has 0 fully saturated rings. The van der Waals surface area contributed by atoms with Gasteiger partial charge >= 0.3 is 6.03 Å². The molecule has 0 aliphatic carbocycles. The lowest BCUT2D eigenvalue weighted by Crippen LogP contribution is -2.25. The van der Waals surface area contributed by atoms with Crippen LogP contribution >= 0.6 is 0 Å². The Morgan fingerprint density at radius 3 is 2.61 bits per heavy atom. The van der Waals surface area contributed by atoms with Gasteiger partial charge in [0.15, 0.2) is 5.82 Å². The minimum absolute atomic E-state index is 0.108. The first-order valence-corrected chi connectivity index (χ1v) is 6.98. The third-order valence-corrected chi connectivity index (χ3v) is 3.50. The van der Waals surface area contributed by atoms with Crippen LogP contribution in [-0.4, -0.2) is 23.0 Å². The van der Waals surface area contributed by atoms with Gasteiger partial charge in [-0.25, -0.2) is 19.2 Å². The highest BCUT2D eigenvalue weighted by atomic mass is 19.1. The lowest BCUT2D eigenvalue weighted by Gasteiger charge is -2.12. The summed E-state index contributed by atoms with van der Waals surface area (Å²) in [4.78, 5) is 19.4. The van der Waals surface area contributed by atoms with Crippen LogP contribution in [0.25, 0.3) is 11.1 Å². The first kappa shape index (κ1) is 16.4. The molecule has 0 atom stereocenters. The van der Waals surface area contributed by atoms with Crippen LogP contribution in [0.1, 0.15) is 25.1 Å². The Morgan fingerprint density at radius 1 is 1.22 bits per heavy atom. The average molecular weight is 315 g/mol. The molecule has 0 bridgehead atoms. The summed E-state index contributed by atoms with van der Waals surface area (Å²) in [5, 5.41) is 4.83. The molecule has 2 rings (SSSR count). The number of anilines is 2. The van der Waals surface area contributed by atoms with Crippen molar-refractivity contribution in [3.8, 4) is 0 Å². The first-order chi connectivity index (χ1) is 10.9. The summed E-state index contributed by atoms with van der Waals surface area (Å²) in [6.07, 6.45) is 1.55. The Hall–Kier alpha value is -2.96. The molecular weight excluding hydrogens is 297 g/mol. The van der Waals surface area contributed by atoms with E-state index in [0.29, 0.717) is 16.8 Å². The molecule has 1 aromatic heterocycles. The van der Waals surface area contributed by atoms with E-state index in [-0.39, 0.29) is 11.6 Å². The fourth-order valence-electron chi connectivity index (χ4n) is 2.08. The van der Waals surface area contributed by atoms with Crippen LogP contribution in [-0.2, 0) is 0 Å². The van der Waals surface area contributed by atoms with Crippen molar-refractivity contribution in [1.82, 2.24) is 15.3 Å². The second kappa shape index (κ2) is 6.87. The number of halogens is 1. The quantitative estimate of drug-likeness (QED) is 0.812. The average Bonchev–Trinajstić information content (AvgIpc) is 2.55. The first-order valence-electron chi connectivity index (χ1n) is 6.98. The summed E-state index contributed by atoms with van der Waals surface area (Å²) in [5.41, 5.74) is 8.17. The fourth-order valence-corrected chi connectivity index (χ4v) is 2.08. The van der Waals surface area contributed by atoms with E-state index in [0.717, 1.165) is 5.57 Å². The number of nitrogens with zero attached hydrogens (tertiary/aromatic N) is 2. The van der Waals surface area contributed by atoms with Crippen LogP contribution in [0.4, 0.5) is 20.8 Å². The van der Waals surface area contributed by atoms with Crippen molar-refractivity contribution in [2.24, 2.45) is 0 Å². The lowest BCUT2D eigenvalue weighted by molar-refractivity contribution is 0.254. The van der Waals surface area contributed by atoms with E-state index >= 15 is 0 Å². The number of carbonyl (C=O) groups is 1. The molecule has 7 heteroatoms. The van der Waals surface area contributed by atoms with Crippen molar-refractivity contribution in [2.75, 3.05) is 18.1 Å². The van der Waals surface area contributed by atoms with E-state index in [1.54, 1.807) is 31.3 Å². The molecule has 4 N–H and O–H groups in total. The van der Waals surface area contributed by atoms with Crippen molar-refractivity contribution in [1.29, 1.82) is 0 Å². The van der Waals surface area contributed by atoms with Gasteiger partial charge in [-0.1, -0.05) is 12.1 Å². The number of nitrogens with two attached hydrogens (primary N) is 1. The molecule has 120 valence electrons. The van der Waals surface area contributed by atoms with E-state index in [1.807, 2.05) is 6.92 Å². The zero-order valence-corrected chi connectivity index (χ0v) is 13.1. The van der Waals surface area contributed by atoms with Gasteiger partial charge in [-0.05, 0) is 37.1 Å². The molecule has 0 saturated heterocycles. The van der Waals surface area contributed by atoms with E-state index < -0.39 is 11.8 Å². The summed E-state index contributed by atoms with van der Waals surface area (Å²) >= 11 is 0. The lowest BCUT2D eigenvalue weighted by atomic mass is 9.99. The summed E-state index contributed by atoms with van der Waals surface area (Å²) in [6, 6.07) is 6.05. The monoisotopic (exact) mass is 315 g/mol. The maximum Gasteiger partial charge on any atom is 0.319 e. The molecule has 0 spiro atoms. The van der Waals surface area contributed by atoms with Gasteiger partial charge in [-0.2, -0.15) is 0 Å². The number of amides is 2. The van der Waals surface area contributed by atoms with Crippen LogP contribution in [0, 0.1) is 5.82 Å². The number of nitrogen functional groups attached to an aromatic ring is 1. The van der Waals surface area contributed by atoms with Gasteiger partial charge in [0.2, 0.25) is 5.95 Å². The number of benzene rings is 1. The van der Waals surface area contributed by atoms with Crippen molar-refractivity contribution in [3.63, 3.8) is 0 Å². The maximum atomic E-state index is 14.6. The summed E-state index contributed by atoms with van der Waals surface area (Å²) in [7, 11) is 1.46. The van der Waals surface area contributed by atoms with Crippen molar-refractivity contribution in [3.05, 3.63) is 47.5 Å². The molecule has 0 aliphatic heterocycles. The number of urea groups is 1. The topological polar surface area (TPSA) is 92.9 Å². The van der Waals surface area contributed by atoms with Crippen LogP contribution < -0.4 is 16.4 Å². The second-order valence-electron chi connectivity index (χ2n) is 4.92. The van der Waals surface area contributed by atoms with E-state index in [9.17, 15) is 9.18 Å². The highest BCUT2D eigenvalue weighted by Crippen LogP contribution is 2.29. The highest BCUT2D eigenvalue weighted by molar-refractivity contribution is 5.92. The number of carbonyl (C=O) groups excluding carboxylic acids is 1. The molecule has 0 radical (unpaired) electrons. The highest BCUT2D eigenvalue weighted by Gasteiger charge is 2.14. The van der Waals surface area contributed by atoms with Crippen LogP contribution in [0.3, 0.4) is 0 Å². The molecule has 1 aromatic carbocycles. The van der Waals surface area contributed by atoms with E-state index in [2.05, 4.69) is 20.6 Å². The summed E-state index contributed by atoms with van der Waals surface area (Å²) < 4.78 is 14.6. The summed E-state index contributed by atoms with van der Waals surface area (Å²) in [5.74, 6) is -0.347. The van der Waals surface area contributed by atoms with Crippen LogP contribution in [0.5, 0.6) is 0 Å². The Labute approximate surface area is 133 Å². The molecular formula is C16H18FN5O. The minimum atomic E-state index is -0.505. The van der Waals surface area contributed by atoms with Crippen LogP contribution in [0.15, 0.2) is 30.5 Å². The SMILES string of the molecule is CNC(=O)Nc1cccc(C(C)=C(C)c2ccnc(N)n2)c1F. The van der Waals surface area contributed by atoms with Crippen molar-refractivity contribution < 1.29 is 9.18 Å². The largest absolute Gasteiger partial charge is 0.368 e. The molecule has 6 nitrogen and oxygen atoms in total. The molecule has 0 saturated carbocycles. The van der Waals surface area contributed by atoms with Gasteiger partial charge in [-0.3, -0.25) is 0 Å². The van der Waals surface area contributed by atoms with E-state index in [1.165, 1.54) is 13.1 Å². The zero-order chi connectivity index (χ0) is 17.0. The minimum Gasteiger partial charge on any atom is -0.368 e. The maximum absolute atomic E-state index is 14.6. The smallest absolute Gasteiger partial charge is 0.319 e. The number of hydrogen-bond donors (Lipinski definition) is 3. The molecule has 23 heavy (non-hydrogen) atoms. The number of rotatable bonds is 3. The standard InChI is InChI=1S/C16H18FN5O/c1-9(10(2)12-7-8-20-15(18)21-12)11-5-4-6-13(14(11)17)22-16(23)19-3/h4-8H,1-3H3,(H2,18,20,21)(H2,19,22,23). The van der Waals surface area contributed by atoms with Crippen molar-refractivity contribution in [2.45, 2.75) is 13.8 Å². The van der Waals surface area contributed by atoms with Crippen LogP contribution in [0.2, 0.25) is 0 Å². The second-order valence-corrected chi connectivity index (χ2v) is 4.92. The fraction of sp³-hybridized carbons (Fsp3) is 0.188. The Balaban J connectivity index is 2.46. The predicted octanol–water partition coefficient (Wildman–Crippen LogP) is 2.90. The number of hydrogen-bond acceptors (Lipinski definition) is 4. The van der Waals surface area contributed by atoms with Gasteiger partial charge in [-0.15, -0.1) is 0 Å². The third kappa shape index (κ3) is 3.63. The molecule has 0 unspecified atom stereocenters. The molecule has 2 amide bonds. The zero-order valence-electron chi connectivity index (χ0n) is 13.1. The number of nitrogens with one attached hydrogen (secondary N) is 2. The van der Waals surface area contributed by atoms with Gasteiger partial charge < -0.3 is 16.4 Å². The Morgan fingerprint density at radius 2 is 1.96 bits per heavy atom. The van der Waals surface area contributed by atoms with E-state index in [4.69, 9.17) is 5.73 Å². The third-order valence-electron chi connectivity index (χ3n) is 3.50. The number of aromatic nitrogens is 2. The number of allylic oxidation sites excluding steroid dienone is 2. The van der Waals surface area contributed by atoms with Gasteiger partial charge in [0, 0.05) is 18.8 Å². The van der Waals surface area contributed by atoms with Gasteiger partial charge in [0.25, 0.3) is 0 Å². The Bertz CT molecular complexity index is 773. The predicted molar refractivity (Wildman–Crippen MR) is 89.1 cm³/mol. The normalized spacial score (nSPS) is 11.7. The van der Waals surface area contributed by atoms with Gasteiger partial charge in [0.05, 0.1) is 11.4 Å². The molecule has 0 aliphatic rings. The molecule has 2 aromatic rings. The van der Waals surface area contributed by atoms with Gasteiger partial charge in [0.1, 0.15) is 0 Å².